The topological polar surface area (TPSA) is 43.4 Å². The number of benzene rings is 1. The van der Waals surface area contributed by atoms with Crippen molar-refractivity contribution in [1.29, 1.82) is 0 Å². The van der Waals surface area contributed by atoms with E-state index in [4.69, 9.17) is 27.4 Å². The molecule has 0 saturated carbocycles. The predicted octanol–water partition coefficient (Wildman–Crippen LogP) is 3.50. The summed E-state index contributed by atoms with van der Waals surface area (Å²) >= 11 is 11.5. The first kappa shape index (κ1) is 13.8. The van der Waals surface area contributed by atoms with Crippen molar-refractivity contribution in [1.82, 2.24) is 0 Å². The fourth-order valence-electron chi connectivity index (χ4n) is 1.04. The Bertz CT molecular complexity index is 489. The zero-order valence-electron chi connectivity index (χ0n) is 9.12. The summed E-state index contributed by atoms with van der Waals surface area (Å²) in [5.74, 6) is 0. The molecule has 1 aromatic rings. The molecule has 0 atom stereocenters. The molecule has 3 nitrogen and oxygen atoms in total. The standard InChI is InChI=1S/C10H12Cl2O3S/c1-10(2,3)15-16(13,14)9-6-7(11)4-5-8(9)12/h4-6H,1-3H3. The van der Waals surface area contributed by atoms with Crippen LogP contribution in [0.5, 0.6) is 0 Å². The molecule has 1 rings (SSSR count). The molecule has 0 unspecified atom stereocenters. The maximum atomic E-state index is 11.9. The third-order valence-corrected chi connectivity index (χ3v) is 3.79. The van der Waals surface area contributed by atoms with Gasteiger partial charge in [0.25, 0.3) is 10.1 Å². The zero-order chi connectivity index (χ0) is 12.6. The van der Waals surface area contributed by atoms with Gasteiger partial charge in [-0.25, -0.2) is 0 Å². The molecule has 16 heavy (non-hydrogen) atoms. The summed E-state index contributed by atoms with van der Waals surface area (Å²) in [7, 11) is -3.89. The highest BCUT2D eigenvalue weighted by atomic mass is 35.5. The Morgan fingerprint density at radius 1 is 1.19 bits per heavy atom. The third kappa shape index (κ3) is 3.63. The maximum Gasteiger partial charge on any atom is 0.299 e. The minimum atomic E-state index is -3.89. The van der Waals surface area contributed by atoms with Crippen molar-refractivity contribution in [2.75, 3.05) is 0 Å². The summed E-state index contributed by atoms with van der Waals surface area (Å²) in [6.07, 6.45) is 0. The molecule has 6 heteroatoms. The zero-order valence-corrected chi connectivity index (χ0v) is 11.4. The van der Waals surface area contributed by atoms with E-state index in [-0.39, 0.29) is 9.92 Å². The van der Waals surface area contributed by atoms with Crippen molar-refractivity contribution in [3.05, 3.63) is 28.2 Å². The lowest BCUT2D eigenvalue weighted by atomic mass is 10.2. The average molecular weight is 283 g/mol. The van der Waals surface area contributed by atoms with Gasteiger partial charge in [-0.2, -0.15) is 8.42 Å². The molecule has 0 aliphatic heterocycles. The van der Waals surface area contributed by atoms with Gasteiger partial charge >= 0.3 is 0 Å². The van der Waals surface area contributed by atoms with Gasteiger partial charge in [-0.3, -0.25) is 4.18 Å². The Labute approximate surface area is 105 Å². The number of rotatable bonds is 2. The SMILES string of the molecule is CC(C)(C)OS(=O)(=O)c1cc(Cl)ccc1Cl. The highest BCUT2D eigenvalue weighted by Gasteiger charge is 2.26. The lowest BCUT2D eigenvalue weighted by molar-refractivity contribution is 0.139. The van der Waals surface area contributed by atoms with E-state index in [2.05, 4.69) is 0 Å². The van der Waals surface area contributed by atoms with Gasteiger partial charge in [0.15, 0.2) is 0 Å². The smallest absolute Gasteiger partial charge is 0.261 e. The first-order valence-corrected chi connectivity index (χ1v) is 6.69. The van der Waals surface area contributed by atoms with Gasteiger partial charge < -0.3 is 0 Å². The van der Waals surface area contributed by atoms with Crippen LogP contribution in [0.25, 0.3) is 0 Å². The highest BCUT2D eigenvalue weighted by Crippen LogP contribution is 2.28. The molecule has 0 aliphatic rings. The van der Waals surface area contributed by atoms with Crippen molar-refractivity contribution in [3.8, 4) is 0 Å². The van der Waals surface area contributed by atoms with Crippen LogP contribution in [0.4, 0.5) is 0 Å². The second-order valence-electron chi connectivity index (χ2n) is 4.22. The molecule has 0 saturated heterocycles. The van der Waals surface area contributed by atoms with E-state index in [1.807, 2.05) is 0 Å². The van der Waals surface area contributed by atoms with Gasteiger partial charge in [-0.05, 0) is 39.0 Å². The Kier molecular flexibility index (Phi) is 3.90. The second kappa shape index (κ2) is 4.53. The van der Waals surface area contributed by atoms with Crippen molar-refractivity contribution < 1.29 is 12.6 Å². The first-order valence-electron chi connectivity index (χ1n) is 4.52. The van der Waals surface area contributed by atoms with Crippen molar-refractivity contribution in [2.45, 2.75) is 31.3 Å². The molecule has 0 N–H and O–H groups in total. The van der Waals surface area contributed by atoms with E-state index in [1.54, 1.807) is 20.8 Å². The van der Waals surface area contributed by atoms with Crippen LogP contribution in [-0.2, 0) is 14.3 Å². The van der Waals surface area contributed by atoms with Crippen LogP contribution in [0.3, 0.4) is 0 Å². The molecule has 0 aliphatic carbocycles. The van der Waals surface area contributed by atoms with Crippen LogP contribution < -0.4 is 0 Å². The van der Waals surface area contributed by atoms with E-state index in [0.717, 1.165) is 0 Å². The summed E-state index contributed by atoms with van der Waals surface area (Å²) in [5, 5.41) is 0.383. The fraction of sp³-hybridized carbons (Fsp3) is 0.400. The third-order valence-electron chi connectivity index (χ3n) is 1.52. The summed E-state index contributed by atoms with van der Waals surface area (Å²) in [6, 6.07) is 4.20. The molecule has 0 fully saturated rings. The van der Waals surface area contributed by atoms with E-state index in [1.165, 1.54) is 18.2 Å². The molecular formula is C10H12Cl2O3S. The number of hydrogen-bond donors (Lipinski definition) is 0. The van der Waals surface area contributed by atoms with E-state index in [0.29, 0.717) is 5.02 Å². The minimum absolute atomic E-state index is 0.0913. The average Bonchev–Trinajstić information content (AvgIpc) is 2.04. The molecular weight excluding hydrogens is 271 g/mol. The van der Waals surface area contributed by atoms with Gasteiger partial charge in [0.2, 0.25) is 0 Å². The van der Waals surface area contributed by atoms with E-state index in [9.17, 15) is 8.42 Å². The molecule has 0 bridgehead atoms. The van der Waals surface area contributed by atoms with Crippen LogP contribution in [0.2, 0.25) is 10.0 Å². The summed E-state index contributed by atoms with van der Waals surface area (Å²) in [4.78, 5) is -0.114. The first-order chi connectivity index (χ1) is 7.12. The molecule has 0 aromatic heterocycles. The van der Waals surface area contributed by atoms with Crippen molar-refractivity contribution in [3.63, 3.8) is 0 Å². The quantitative estimate of drug-likeness (QED) is 0.780. The van der Waals surface area contributed by atoms with E-state index >= 15 is 0 Å². The lowest BCUT2D eigenvalue weighted by Gasteiger charge is -2.19. The Morgan fingerprint density at radius 2 is 1.75 bits per heavy atom. The largest absolute Gasteiger partial charge is 0.299 e. The van der Waals surface area contributed by atoms with Crippen molar-refractivity contribution in [2.24, 2.45) is 0 Å². The van der Waals surface area contributed by atoms with Crippen LogP contribution in [-0.4, -0.2) is 14.0 Å². The normalized spacial score (nSPS) is 12.8. The van der Waals surface area contributed by atoms with Gasteiger partial charge in [0.1, 0.15) is 4.90 Å². The summed E-state index contributed by atoms with van der Waals surface area (Å²) in [5.41, 5.74) is -0.815. The molecule has 0 amide bonds. The summed E-state index contributed by atoms with van der Waals surface area (Å²) < 4.78 is 28.7. The lowest BCUT2D eigenvalue weighted by Crippen LogP contribution is -2.24. The van der Waals surface area contributed by atoms with Crippen LogP contribution in [0.1, 0.15) is 20.8 Å². The molecule has 1 aromatic carbocycles. The van der Waals surface area contributed by atoms with Crippen LogP contribution in [0.15, 0.2) is 23.1 Å². The molecule has 90 valence electrons. The molecule has 0 heterocycles. The van der Waals surface area contributed by atoms with Crippen molar-refractivity contribution >= 4 is 33.3 Å². The second-order valence-corrected chi connectivity index (χ2v) is 6.58. The number of halogens is 2. The Morgan fingerprint density at radius 3 is 2.25 bits per heavy atom. The van der Waals surface area contributed by atoms with Gasteiger partial charge in [-0.15, -0.1) is 0 Å². The van der Waals surface area contributed by atoms with Gasteiger partial charge in [0.05, 0.1) is 10.6 Å². The fourth-order valence-corrected chi connectivity index (χ4v) is 3.01. The Hall–Kier alpha value is -0.290. The molecule has 0 radical (unpaired) electrons. The maximum absolute atomic E-state index is 11.9. The van der Waals surface area contributed by atoms with Crippen LogP contribution >= 0.6 is 23.2 Å². The minimum Gasteiger partial charge on any atom is -0.261 e. The van der Waals surface area contributed by atoms with Gasteiger partial charge in [0, 0.05) is 5.02 Å². The predicted molar refractivity (Wildman–Crippen MR) is 64.5 cm³/mol. The van der Waals surface area contributed by atoms with Crippen LogP contribution in [0, 0.1) is 0 Å². The van der Waals surface area contributed by atoms with E-state index < -0.39 is 15.7 Å². The number of hydrogen-bond acceptors (Lipinski definition) is 3. The highest BCUT2D eigenvalue weighted by molar-refractivity contribution is 7.87. The molecule has 0 spiro atoms. The Balaban J connectivity index is 3.22. The summed E-state index contributed by atoms with van der Waals surface area (Å²) in [6.45, 7) is 4.93. The monoisotopic (exact) mass is 282 g/mol. The van der Waals surface area contributed by atoms with Gasteiger partial charge in [-0.1, -0.05) is 23.2 Å².